The highest BCUT2D eigenvalue weighted by Gasteiger charge is 2.33. The molecular weight excluding hydrogens is 205 g/mol. The lowest BCUT2D eigenvalue weighted by Gasteiger charge is -2.05. The van der Waals surface area contributed by atoms with Crippen molar-refractivity contribution < 1.29 is 21.6 Å². The minimum atomic E-state index is -4.87. The Kier molecular flexibility index (Phi) is 3.05. The third-order valence-electron chi connectivity index (χ3n) is 1.11. The van der Waals surface area contributed by atoms with E-state index >= 15 is 0 Å². The molecule has 72 valence electrons. The maximum absolute atomic E-state index is 11.6. The lowest BCUT2D eigenvalue weighted by molar-refractivity contribution is -0.269. The summed E-state index contributed by atoms with van der Waals surface area (Å²) in [6.07, 6.45) is -4.87. The number of halogens is 3. The topological polar surface area (TPSA) is 26.3 Å². The van der Waals surface area contributed by atoms with E-state index in [0.29, 0.717) is 0 Å². The van der Waals surface area contributed by atoms with Crippen LogP contribution in [-0.2, 0) is 15.3 Å². The second kappa shape index (κ2) is 3.89. The van der Waals surface area contributed by atoms with Gasteiger partial charge in [-0.25, -0.2) is 4.21 Å². The number of hydrogen-bond acceptors (Lipinski definition) is 2. The standard InChI is InChI=1S/C7H5F3O2S/c8-7(9,10)12-13(11)6-4-2-1-3-5-6/h1-5H. The molecule has 1 atom stereocenters. The summed E-state index contributed by atoms with van der Waals surface area (Å²) in [4.78, 5) is -0.0141. The van der Waals surface area contributed by atoms with Crippen molar-refractivity contribution in [3.05, 3.63) is 30.3 Å². The Hall–Kier alpha value is -0.880. The summed E-state index contributed by atoms with van der Waals surface area (Å²) in [7, 11) is 0. The summed E-state index contributed by atoms with van der Waals surface area (Å²) in [6, 6.07) is 7.15. The van der Waals surface area contributed by atoms with E-state index in [9.17, 15) is 17.4 Å². The van der Waals surface area contributed by atoms with E-state index in [1.165, 1.54) is 24.3 Å². The maximum atomic E-state index is 11.6. The predicted octanol–water partition coefficient (Wildman–Crippen LogP) is 2.25. The molecule has 0 aliphatic heterocycles. The van der Waals surface area contributed by atoms with Gasteiger partial charge < -0.3 is 0 Å². The summed E-state index contributed by atoms with van der Waals surface area (Å²) < 4.78 is 48.9. The monoisotopic (exact) mass is 210 g/mol. The van der Waals surface area contributed by atoms with E-state index in [0.717, 1.165) is 0 Å². The van der Waals surface area contributed by atoms with Crippen LogP contribution in [0, 0.1) is 0 Å². The molecule has 0 spiro atoms. The van der Waals surface area contributed by atoms with Crippen LogP contribution in [0.25, 0.3) is 0 Å². The molecule has 13 heavy (non-hydrogen) atoms. The fraction of sp³-hybridized carbons (Fsp3) is 0.143. The van der Waals surface area contributed by atoms with Crippen molar-refractivity contribution in [2.75, 3.05) is 0 Å². The molecule has 0 N–H and O–H groups in total. The largest absolute Gasteiger partial charge is 0.535 e. The minimum absolute atomic E-state index is 0.0141. The summed E-state index contributed by atoms with van der Waals surface area (Å²) in [5.41, 5.74) is 0. The van der Waals surface area contributed by atoms with Gasteiger partial charge in [-0.1, -0.05) is 18.2 Å². The van der Waals surface area contributed by atoms with Crippen LogP contribution in [0.5, 0.6) is 0 Å². The van der Waals surface area contributed by atoms with Gasteiger partial charge in [0.15, 0.2) is 11.1 Å². The molecule has 0 heterocycles. The van der Waals surface area contributed by atoms with Crippen LogP contribution in [0.2, 0.25) is 0 Å². The first-order valence-corrected chi connectivity index (χ1v) is 4.29. The van der Waals surface area contributed by atoms with Gasteiger partial charge in [-0.15, -0.1) is 13.2 Å². The van der Waals surface area contributed by atoms with E-state index in [1.807, 2.05) is 0 Å². The third-order valence-corrected chi connectivity index (χ3v) is 2.10. The molecule has 0 aliphatic carbocycles. The number of rotatable bonds is 2. The number of alkyl halides is 3. The second-order valence-corrected chi connectivity index (χ2v) is 3.18. The molecule has 1 unspecified atom stereocenters. The van der Waals surface area contributed by atoms with Gasteiger partial charge in [-0.3, -0.25) is 0 Å². The van der Waals surface area contributed by atoms with Crippen molar-refractivity contribution in [2.24, 2.45) is 0 Å². The van der Waals surface area contributed by atoms with Gasteiger partial charge in [0.25, 0.3) is 0 Å². The lowest BCUT2D eigenvalue weighted by atomic mass is 10.4. The summed E-state index contributed by atoms with van der Waals surface area (Å²) in [5.74, 6) is 0. The van der Waals surface area contributed by atoms with Crippen molar-refractivity contribution in [3.8, 4) is 0 Å². The van der Waals surface area contributed by atoms with Gasteiger partial charge in [0.05, 0.1) is 4.90 Å². The number of benzene rings is 1. The van der Waals surface area contributed by atoms with E-state index in [2.05, 4.69) is 4.18 Å². The Morgan fingerprint density at radius 2 is 1.69 bits per heavy atom. The average molecular weight is 210 g/mol. The quantitative estimate of drug-likeness (QED) is 0.748. The van der Waals surface area contributed by atoms with Crippen molar-refractivity contribution in [2.45, 2.75) is 11.3 Å². The Labute approximate surface area is 75.0 Å². The van der Waals surface area contributed by atoms with Gasteiger partial charge in [0.1, 0.15) is 0 Å². The third kappa shape index (κ3) is 3.56. The first-order chi connectivity index (χ1) is 5.99. The Morgan fingerprint density at radius 3 is 2.15 bits per heavy atom. The molecule has 0 saturated heterocycles. The Balaban J connectivity index is 2.71. The van der Waals surface area contributed by atoms with Crippen LogP contribution >= 0.6 is 0 Å². The molecule has 0 amide bonds. The number of hydrogen-bond donors (Lipinski definition) is 0. The molecule has 0 aromatic heterocycles. The van der Waals surface area contributed by atoms with Gasteiger partial charge >= 0.3 is 6.36 Å². The molecular formula is C7H5F3O2S. The fourth-order valence-corrected chi connectivity index (χ4v) is 1.31. The van der Waals surface area contributed by atoms with Crippen molar-refractivity contribution >= 4 is 11.1 Å². The molecule has 1 aromatic carbocycles. The van der Waals surface area contributed by atoms with Crippen molar-refractivity contribution in [1.29, 1.82) is 0 Å². The zero-order valence-corrected chi connectivity index (χ0v) is 7.06. The fourth-order valence-electron chi connectivity index (χ4n) is 0.666. The SMILES string of the molecule is O=S(OC(F)(F)F)c1ccccc1. The molecule has 1 rings (SSSR count). The summed E-state index contributed by atoms with van der Waals surface area (Å²) in [5, 5.41) is 0. The van der Waals surface area contributed by atoms with Crippen LogP contribution in [0.1, 0.15) is 0 Å². The molecule has 0 aliphatic rings. The van der Waals surface area contributed by atoms with E-state index < -0.39 is 17.4 Å². The molecule has 2 nitrogen and oxygen atoms in total. The predicted molar refractivity (Wildman–Crippen MR) is 40.0 cm³/mol. The van der Waals surface area contributed by atoms with Crippen LogP contribution in [0.3, 0.4) is 0 Å². The second-order valence-electron chi connectivity index (χ2n) is 2.08. The molecule has 0 fully saturated rings. The first-order valence-electron chi connectivity index (χ1n) is 3.22. The van der Waals surface area contributed by atoms with Crippen LogP contribution in [-0.4, -0.2) is 10.6 Å². The molecule has 0 bridgehead atoms. The normalized spacial score (nSPS) is 14.1. The van der Waals surface area contributed by atoms with Crippen molar-refractivity contribution in [1.82, 2.24) is 0 Å². The van der Waals surface area contributed by atoms with Crippen LogP contribution in [0.15, 0.2) is 35.2 Å². The average Bonchev–Trinajstić information content (AvgIpc) is 2.03. The first kappa shape index (κ1) is 10.2. The zero-order chi connectivity index (χ0) is 9.90. The maximum Gasteiger partial charge on any atom is 0.535 e. The minimum Gasteiger partial charge on any atom is -0.224 e. The Bertz CT molecular complexity index is 296. The van der Waals surface area contributed by atoms with Gasteiger partial charge in [-0.05, 0) is 12.1 Å². The van der Waals surface area contributed by atoms with E-state index in [1.54, 1.807) is 6.07 Å². The molecule has 0 radical (unpaired) electrons. The zero-order valence-electron chi connectivity index (χ0n) is 6.25. The summed E-state index contributed by atoms with van der Waals surface area (Å²) >= 11 is -2.48. The highest BCUT2D eigenvalue weighted by molar-refractivity contribution is 7.80. The van der Waals surface area contributed by atoms with Gasteiger partial charge in [0.2, 0.25) is 0 Å². The van der Waals surface area contributed by atoms with Crippen LogP contribution in [0.4, 0.5) is 13.2 Å². The lowest BCUT2D eigenvalue weighted by Crippen LogP contribution is -2.15. The Morgan fingerprint density at radius 1 is 1.15 bits per heavy atom. The van der Waals surface area contributed by atoms with Gasteiger partial charge in [0, 0.05) is 0 Å². The van der Waals surface area contributed by atoms with E-state index in [4.69, 9.17) is 0 Å². The van der Waals surface area contributed by atoms with Gasteiger partial charge in [-0.2, -0.15) is 4.18 Å². The smallest absolute Gasteiger partial charge is 0.224 e. The molecule has 0 saturated carbocycles. The van der Waals surface area contributed by atoms with E-state index in [-0.39, 0.29) is 4.90 Å². The molecule has 1 aromatic rings. The highest BCUT2D eigenvalue weighted by atomic mass is 32.2. The van der Waals surface area contributed by atoms with Crippen LogP contribution < -0.4 is 0 Å². The summed E-state index contributed by atoms with van der Waals surface area (Å²) in [6.45, 7) is 0. The highest BCUT2D eigenvalue weighted by Crippen LogP contribution is 2.21. The molecule has 6 heteroatoms. The van der Waals surface area contributed by atoms with Crippen molar-refractivity contribution in [3.63, 3.8) is 0 Å².